The predicted octanol–water partition coefficient (Wildman–Crippen LogP) is 4.74. The number of nitrogens with zero attached hydrogens (tertiary/aromatic N) is 1. The van der Waals surface area contributed by atoms with Gasteiger partial charge in [0.05, 0.1) is 12.2 Å². The number of ether oxygens (including phenoxy) is 1. The van der Waals surface area contributed by atoms with Crippen molar-refractivity contribution >= 4 is 11.7 Å². The average molecular weight is 394 g/mol. The van der Waals surface area contributed by atoms with Crippen molar-refractivity contribution in [3.63, 3.8) is 0 Å². The van der Waals surface area contributed by atoms with Gasteiger partial charge in [0, 0.05) is 11.6 Å². The Kier molecular flexibility index (Phi) is 7.02. The summed E-state index contributed by atoms with van der Waals surface area (Å²) < 4.78 is 11.1. The molecule has 0 radical (unpaired) electrons. The number of aromatic nitrogens is 1. The number of unbranched alkanes of at least 4 members (excludes halogenated alkanes) is 1. The lowest BCUT2D eigenvalue weighted by molar-refractivity contribution is 0.0696. The van der Waals surface area contributed by atoms with E-state index in [2.05, 4.69) is 17.6 Å². The maximum absolute atomic E-state index is 11.1. The molecule has 0 saturated heterocycles. The summed E-state index contributed by atoms with van der Waals surface area (Å²) in [5.41, 5.74) is 4.99. The van der Waals surface area contributed by atoms with Gasteiger partial charge in [-0.15, -0.1) is 0 Å². The minimum absolute atomic E-state index is 0.135. The third-order valence-electron chi connectivity index (χ3n) is 4.02. The van der Waals surface area contributed by atoms with Crippen LogP contribution in [0.1, 0.15) is 35.9 Å². The van der Waals surface area contributed by atoms with Gasteiger partial charge in [0.2, 0.25) is 0 Å². The standard InChI is InChI=1S/C22H22N2O5/c1-2-3-12-28-23-20(15-27-18-11-7-10-17(13-18)22(25)26)21-14-19(24-29-21)16-8-5-4-6-9-16/h4-11,13-15,23H,2-3,12H2,1H3,(H,25,26). The van der Waals surface area contributed by atoms with Gasteiger partial charge in [-0.3, -0.25) is 10.3 Å². The van der Waals surface area contributed by atoms with Crippen molar-refractivity contribution in [1.82, 2.24) is 10.6 Å². The first-order valence-electron chi connectivity index (χ1n) is 9.28. The van der Waals surface area contributed by atoms with E-state index in [4.69, 9.17) is 19.2 Å². The maximum Gasteiger partial charge on any atom is 0.335 e. The number of benzene rings is 2. The normalized spacial score (nSPS) is 11.3. The zero-order valence-corrected chi connectivity index (χ0v) is 16.0. The van der Waals surface area contributed by atoms with E-state index in [0.717, 1.165) is 18.4 Å². The van der Waals surface area contributed by atoms with Crippen molar-refractivity contribution in [1.29, 1.82) is 0 Å². The lowest BCUT2D eigenvalue weighted by atomic mass is 10.1. The van der Waals surface area contributed by atoms with Gasteiger partial charge < -0.3 is 14.4 Å². The molecular formula is C22H22N2O5. The number of carboxylic acids is 1. The molecule has 1 aromatic heterocycles. The molecule has 3 aromatic rings. The van der Waals surface area contributed by atoms with Crippen LogP contribution < -0.4 is 10.2 Å². The Hall–Kier alpha value is -3.58. The third-order valence-corrected chi connectivity index (χ3v) is 4.02. The van der Waals surface area contributed by atoms with E-state index in [-0.39, 0.29) is 5.56 Å². The van der Waals surface area contributed by atoms with Gasteiger partial charge in [-0.1, -0.05) is 54.9 Å². The zero-order chi connectivity index (χ0) is 20.5. The van der Waals surface area contributed by atoms with E-state index in [1.165, 1.54) is 18.4 Å². The van der Waals surface area contributed by atoms with Crippen LogP contribution in [0.2, 0.25) is 0 Å². The lowest BCUT2D eigenvalue weighted by Gasteiger charge is -2.09. The van der Waals surface area contributed by atoms with E-state index < -0.39 is 5.97 Å². The summed E-state index contributed by atoms with van der Waals surface area (Å²) >= 11 is 0. The first-order chi connectivity index (χ1) is 14.2. The van der Waals surface area contributed by atoms with Crippen molar-refractivity contribution < 1.29 is 24.0 Å². The van der Waals surface area contributed by atoms with E-state index in [0.29, 0.717) is 29.5 Å². The van der Waals surface area contributed by atoms with Crippen molar-refractivity contribution in [3.05, 3.63) is 78.2 Å². The van der Waals surface area contributed by atoms with Crippen LogP contribution in [0.5, 0.6) is 5.75 Å². The van der Waals surface area contributed by atoms with E-state index in [9.17, 15) is 4.79 Å². The second-order valence-corrected chi connectivity index (χ2v) is 6.23. The summed E-state index contributed by atoms with van der Waals surface area (Å²) in [6.07, 6.45) is 3.30. The molecule has 7 heteroatoms. The fourth-order valence-corrected chi connectivity index (χ4v) is 2.45. The SMILES string of the molecule is CCCCONC(=COc1cccc(C(=O)O)c1)c1cc(-c2ccccc2)no1. The first kappa shape index (κ1) is 20.2. The monoisotopic (exact) mass is 394 g/mol. The van der Waals surface area contributed by atoms with Gasteiger partial charge in [-0.05, 0) is 24.6 Å². The minimum atomic E-state index is -1.02. The average Bonchev–Trinajstić information content (AvgIpc) is 3.24. The Morgan fingerprint density at radius 1 is 1.17 bits per heavy atom. The smallest absolute Gasteiger partial charge is 0.335 e. The summed E-state index contributed by atoms with van der Waals surface area (Å²) in [5.74, 6) is -0.223. The number of hydrogen-bond donors (Lipinski definition) is 2. The molecule has 0 fully saturated rings. The van der Waals surface area contributed by atoms with Crippen LogP contribution in [0.3, 0.4) is 0 Å². The summed E-state index contributed by atoms with van der Waals surface area (Å²) in [6.45, 7) is 2.59. The van der Waals surface area contributed by atoms with Crippen molar-refractivity contribution in [2.75, 3.05) is 6.61 Å². The molecule has 7 nitrogen and oxygen atoms in total. The molecule has 0 saturated carbocycles. The number of aromatic carboxylic acids is 1. The van der Waals surface area contributed by atoms with Gasteiger partial charge in [-0.25, -0.2) is 4.79 Å². The van der Waals surface area contributed by atoms with E-state index in [1.54, 1.807) is 18.2 Å². The molecule has 2 aromatic carbocycles. The predicted molar refractivity (Wildman–Crippen MR) is 108 cm³/mol. The molecule has 150 valence electrons. The molecule has 2 N–H and O–H groups in total. The Morgan fingerprint density at radius 3 is 2.76 bits per heavy atom. The second kappa shape index (κ2) is 10.1. The van der Waals surface area contributed by atoms with Gasteiger partial charge in [0.25, 0.3) is 0 Å². The lowest BCUT2D eigenvalue weighted by Crippen LogP contribution is -2.14. The Balaban J connectivity index is 1.80. The van der Waals surface area contributed by atoms with E-state index in [1.807, 2.05) is 30.3 Å². The number of hydrogen-bond acceptors (Lipinski definition) is 6. The molecule has 29 heavy (non-hydrogen) atoms. The fraction of sp³-hybridized carbons (Fsp3) is 0.182. The highest BCUT2D eigenvalue weighted by molar-refractivity contribution is 5.88. The molecule has 3 rings (SSSR count). The fourth-order valence-electron chi connectivity index (χ4n) is 2.45. The summed E-state index contributed by atoms with van der Waals surface area (Å²) in [7, 11) is 0. The van der Waals surface area contributed by atoms with Crippen LogP contribution in [0.15, 0.2) is 71.4 Å². The van der Waals surface area contributed by atoms with Crippen molar-refractivity contribution in [3.8, 4) is 17.0 Å². The number of hydroxylamine groups is 1. The number of nitrogens with one attached hydrogen (secondary N) is 1. The van der Waals surface area contributed by atoms with Crippen LogP contribution in [-0.4, -0.2) is 22.8 Å². The van der Waals surface area contributed by atoms with Crippen molar-refractivity contribution in [2.45, 2.75) is 19.8 Å². The molecular weight excluding hydrogens is 372 g/mol. The second-order valence-electron chi connectivity index (χ2n) is 6.23. The molecule has 0 spiro atoms. The molecule has 0 aliphatic rings. The van der Waals surface area contributed by atoms with Gasteiger partial charge in [-0.2, -0.15) is 0 Å². The van der Waals surface area contributed by atoms with Crippen LogP contribution in [0.25, 0.3) is 17.0 Å². The molecule has 0 amide bonds. The number of carbonyl (C=O) groups is 1. The first-order valence-corrected chi connectivity index (χ1v) is 9.28. The molecule has 0 atom stereocenters. The Bertz CT molecular complexity index is 966. The molecule has 0 aliphatic heterocycles. The zero-order valence-electron chi connectivity index (χ0n) is 16.0. The van der Waals surface area contributed by atoms with E-state index >= 15 is 0 Å². The highest BCUT2D eigenvalue weighted by Gasteiger charge is 2.12. The Labute approximate surface area is 168 Å². The van der Waals surface area contributed by atoms with Crippen LogP contribution in [-0.2, 0) is 4.84 Å². The number of carboxylic acid groups (broad SMARTS) is 1. The van der Waals surface area contributed by atoms with Crippen LogP contribution in [0, 0.1) is 0 Å². The third kappa shape index (κ3) is 5.70. The maximum atomic E-state index is 11.1. The van der Waals surface area contributed by atoms with Crippen molar-refractivity contribution in [2.24, 2.45) is 0 Å². The Morgan fingerprint density at radius 2 is 2.00 bits per heavy atom. The van der Waals surface area contributed by atoms with Crippen LogP contribution in [0.4, 0.5) is 0 Å². The highest BCUT2D eigenvalue weighted by atomic mass is 16.6. The topological polar surface area (TPSA) is 93.8 Å². The van der Waals surface area contributed by atoms with Gasteiger partial charge in [0.1, 0.15) is 23.4 Å². The molecule has 0 bridgehead atoms. The quantitative estimate of drug-likeness (QED) is 0.291. The van der Waals surface area contributed by atoms with Gasteiger partial charge >= 0.3 is 5.97 Å². The highest BCUT2D eigenvalue weighted by Crippen LogP contribution is 2.23. The molecule has 0 unspecified atom stereocenters. The summed E-state index contributed by atoms with van der Waals surface area (Å²) in [6, 6.07) is 17.6. The summed E-state index contributed by atoms with van der Waals surface area (Å²) in [5, 5.41) is 13.2. The summed E-state index contributed by atoms with van der Waals surface area (Å²) in [4.78, 5) is 16.6. The molecule has 0 aliphatic carbocycles. The number of rotatable bonds is 10. The molecule has 1 heterocycles. The minimum Gasteiger partial charge on any atom is -0.478 e. The largest absolute Gasteiger partial charge is 0.478 e. The van der Waals surface area contributed by atoms with Crippen LogP contribution >= 0.6 is 0 Å². The van der Waals surface area contributed by atoms with Gasteiger partial charge in [0.15, 0.2) is 5.76 Å².